The highest BCUT2D eigenvalue weighted by Gasteiger charge is 2.16. The van der Waals surface area contributed by atoms with Gasteiger partial charge in [0.2, 0.25) is 0 Å². The minimum absolute atomic E-state index is 0.234. The molecule has 4 heteroatoms. The van der Waals surface area contributed by atoms with E-state index < -0.39 is 0 Å². The Morgan fingerprint density at radius 3 is 2.50 bits per heavy atom. The van der Waals surface area contributed by atoms with Crippen LogP contribution in [0, 0.1) is 13.8 Å². The van der Waals surface area contributed by atoms with Crippen LogP contribution < -0.4 is 5.32 Å². The van der Waals surface area contributed by atoms with Gasteiger partial charge in [0.15, 0.2) is 0 Å². The van der Waals surface area contributed by atoms with Crippen molar-refractivity contribution < 1.29 is 0 Å². The molecule has 0 aliphatic rings. The van der Waals surface area contributed by atoms with Gasteiger partial charge in [-0.15, -0.1) is 0 Å². The minimum atomic E-state index is 0.234. The van der Waals surface area contributed by atoms with Crippen molar-refractivity contribution in [2.45, 2.75) is 26.8 Å². The predicted octanol–water partition coefficient (Wildman–Crippen LogP) is 3.97. The molecular weight excluding hydrogens is 290 g/mol. The lowest BCUT2D eigenvalue weighted by Crippen LogP contribution is -2.09. The highest BCUT2D eigenvalue weighted by atomic mass is 79.9. The maximum Gasteiger partial charge on any atom is 0.0649 e. The lowest BCUT2D eigenvalue weighted by Gasteiger charge is -2.17. The van der Waals surface area contributed by atoms with Crippen LogP contribution in [0.1, 0.15) is 29.9 Å². The molecule has 3 nitrogen and oxygen atoms in total. The van der Waals surface area contributed by atoms with Crippen molar-refractivity contribution in [2.24, 2.45) is 7.05 Å². The predicted molar refractivity (Wildman–Crippen MR) is 78.9 cm³/mol. The largest absolute Gasteiger partial charge is 0.377 e. The van der Waals surface area contributed by atoms with E-state index in [1.165, 1.54) is 11.3 Å². The van der Waals surface area contributed by atoms with E-state index in [9.17, 15) is 0 Å². The number of halogens is 1. The molecule has 1 aromatic heterocycles. The zero-order valence-corrected chi connectivity index (χ0v) is 12.7. The van der Waals surface area contributed by atoms with Crippen LogP contribution >= 0.6 is 15.9 Å². The summed E-state index contributed by atoms with van der Waals surface area (Å²) in [5, 5.41) is 7.98. The maximum atomic E-state index is 4.46. The lowest BCUT2D eigenvalue weighted by atomic mass is 10.1. The van der Waals surface area contributed by atoms with Gasteiger partial charge in [0.05, 0.1) is 11.7 Å². The first-order valence-electron chi connectivity index (χ1n) is 6.02. The summed E-state index contributed by atoms with van der Waals surface area (Å²) in [6, 6.07) is 8.39. The molecule has 18 heavy (non-hydrogen) atoms. The average Bonchev–Trinajstić information content (AvgIpc) is 2.56. The van der Waals surface area contributed by atoms with E-state index in [1.807, 2.05) is 29.9 Å². The van der Waals surface area contributed by atoms with Crippen LogP contribution in [0.25, 0.3) is 0 Å². The molecule has 0 saturated heterocycles. The van der Waals surface area contributed by atoms with Gasteiger partial charge in [0.25, 0.3) is 0 Å². The van der Waals surface area contributed by atoms with Crippen LogP contribution in [-0.4, -0.2) is 9.78 Å². The lowest BCUT2D eigenvalue weighted by molar-refractivity contribution is 0.728. The van der Waals surface area contributed by atoms with Crippen LogP contribution in [0.3, 0.4) is 0 Å². The highest BCUT2D eigenvalue weighted by molar-refractivity contribution is 9.10. The van der Waals surface area contributed by atoms with E-state index in [0.717, 1.165) is 15.9 Å². The van der Waals surface area contributed by atoms with E-state index in [1.54, 1.807) is 0 Å². The second-order valence-corrected chi connectivity index (χ2v) is 5.41. The van der Waals surface area contributed by atoms with Gasteiger partial charge in [0.1, 0.15) is 0 Å². The van der Waals surface area contributed by atoms with E-state index in [0.29, 0.717) is 0 Å². The summed E-state index contributed by atoms with van der Waals surface area (Å²) in [4.78, 5) is 0. The molecule has 1 N–H and O–H groups in total. The first kappa shape index (κ1) is 13.1. The van der Waals surface area contributed by atoms with Crippen LogP contribution in [0.5, 0.6) is 0 Å². The first-order chi connectivity index (χ1) is 8.50. The molecule has 0 saturated carbocycles. The highest BCUT2D eigenvalue weighted by Crippen LogP contribution is 2.28. The third-order valence-electron chi connectivity index (χ3n) is 3.24. The Morgan fingerprint density at radius 2 is 1.94 bits per heavy atom. The van der Waals surface area contributed by atoms with Gasteiger partial charge in [-0.25, -0.2) is 0 Å². The van der Waals surface area contributed by atoms with E-state index in [-0.39, 0.29) is 6.04 Å². The summed E-state index contributed by atoms with van der Waals surface area (Å²) in [5.41, 5.74) is 4.67. The number of hydrogen-bond donors (Lipinski definition) is 1. The molecule has 1 aromatic carbocycles. The normalized spacial score (nSPS) is 12.5. The Bertz CT molecular complexity index is 560. The van der Waals surface area contributed by atoms with Gasteiger partial charge in [-0.05, 0) is 48.8 Å². The average molecular weight is 308 g/mol. The van der Waals surface area contributed by atoms with Crippen molar-refractivity contribution in [3.05, 3.63) is 45.7 Å². The van der Waals surface area contributed by atoms with E-state index in [2.05, 4.69) is 53.2 Å². The standard InChI is InChI=1S/C14H18BrN3/c1-9(14-10(2)17-18(4)11(14)3)16-13-8-6-5-7-12(13)15/h5-9,16H,1-4H3. The first-order valence-corrected chi connectivity index (χ1v) is 6.81. The number of aromatic nitrogens is 2. The van der Waals surface area contributed by atoms with Crippen molar-refractivity contribution in [2.75, 3.05) is 5.32 Å². The van der Waals surface area contributed by atoms with Gasteiger partial charge in [-0.1, -0.05) is 12.1 Å². The maximum absolute atomic E-state index is 4.46. The van der Waals surface area contributed by atoms with Crippen molar-refractivity contribution in [3.8, 4) is 0 Å². The van der Waals surface area contributed by atoms with E-state index >= 15 is 0 Å². The second-order valence-electron chi connectivity index (χ2n) is 4.55. The summed E-state index contributed by atoms with van der Waals surface area (Å²) < 4.78 is 3.01. The topological polar surface area (TPSA) is 29.9 Å². The molecule has 1 atom stereocenters. The smallest absolute Gasteiger partial charge is 0.0649 e. The number of nitrogens with one attached hydrogen (secondary N) is 1. The molecule has 0 bridgehead atoms. The molecule has 0 spiro atoms. The fourth-order valence-electron chi connectivity index (χ4n) is 2.30. The Kier molecular flexibility index (Phi) is 3.76. The van der Waals surface area contributed by atoms with Gasteiger partial charge in [-0.2, -0.15) is 5.10 Å². The minimum Gasteiger partial charge on any atom is -0.377 e. The Hall–Kier alpha value is -1.29. The Morgan fingerprint density at radius 1 is 1.28 bits per heavy atom. The van der Waals surface area contributed by atoms with E-state index in [4.69, 9.17) is 0 Å². The van der Waals surface area contributed by atoms with Crippen LogP contribution in [-0.2, 0) is 7.05 Å². The van der Waals surface area contributed by atoms with Gasteiger partial charge in [0, 0.05) is 28.5 Å². The van der Waals surface area contributed by atoms with Gasteiger partial charge >= 0.3 is 0 Å². The Labute approximate surface area is 116 Å². The summed E-state index contributed by atoms with van der Waals surface area (Å²) in [7, 11) is 1.98. The summed E-state index contributed by atoms with van der Waals surface area (Å²) in [5.74, 6) is 0. The fourth-order valence-corrected chi connectivity index (χ4v) is 2.70. The fraction of sp³-hybridized carbons (Fsp3) is 0.357. The summed E-state index contributed by atoms with van der Waals surface area (Å²) in [6.07, 6.45) is 0. The summed E-state index contributed by atoms with van der Waals surface area (Å²) in [6.45, 7) is 6.32. The monoisotopic (exact) mass is 307 g/mol. The zero-order chi connectivity index (χ0) is 13.3. The Balaban J connectivity index is 2.28. The number of aryl methyl sites for hydroxylation is 2. The van der Waals surface area contributed by atoms with Gasteiger partial charge < -0.3 is 5.32 Å². The molecule has 2 rings (SSSR count). The molecule has 96 valence electrons. The number of para-hydroxylation sites is 1. The number of benzene rings is 1. The van der Waals surface area contributed by atoms with Crippen LogP contribution in [0.15, 0.2) is 28.7 Å². The quantitative estimate of drug-likeness (QED) is 0.929. The SMILES string of the molecule is Cc1nn(C)c(C)c1C(C)Nc1ccccc1Br. The van der Waals surface area contributed by atoms with Crippen molar-refractivity contribution in [3.63, 3.8) is 0 Å². The van der Waals surface area contributed by atoms with Crippen molar-refractivity contribution in [1.29, 1.82) is 0 Å². The molecule has 0 aliphatic heterocycles. The molecule has 1 unspecified atom stereocenters. The molecule has 0 radical (unpaired) electrons. The zero-order valence-electron chi connectivity index (χ0n) is 11.2. The number of hydrogen-bond acceptors (Lipinski definition) is 2. The molecule has 0 aliphatic carbocycles. The molecule has 2 aromatic rings. The molecular formula is C14H18BrN3. The summed E-state index contributed by atoms with van der Waals surface area (Å²) >= 11 is 3.56. The second kappa shape index (κ2) is 5.14. The number of anilines is 1. The number of nitrogens with zero attached hydrogens (tertiary/aromatic N) is 2. The molecule has 0 amide bonds. The van der Waals surface area contributed by atoms with Crippen LogP contribution in [0.2, 0.25) is 0 Å². The molecule has 0 fully saturated rings. The van der Waals surface area contributed by atoms with Crippen LogP contribution in [0.4, 0.5) is 5.69 Å². The third-order valence-corrected chi connectivity index (χ3v) is 3.94. The number of rotatable bonds is 3. The third kappa shape index (κ3) is 2.43. The van der Waals surface area contributed by atoms with Gasteiger partial charge in [-0.3, -0.25) is 4.68 Å². The van der Waals surface area contributed by atoms with Crippen molar-refractivity contribution >= 4 is 21.6 Å². The van der Waals surface area contributed by atoms with Crippen molar-refractivity contribution in [1.82, 2.24) is 9.78 Å². The molecule has 1 heterocycles.